The number of nitrogens with zero attached hydrogens (tertiary/aromatic N) is 1. The molecule has 2 N–H and O–H groups in total. The summed E-state index contributed by atoms with van der Waals surface area (Å²) in [6.07, 6.45) is 2.10. The molecule has 1 aromatic carbocycles. The van der Waals surface area contributed by atoms with Gasteiger partial charge in [0, 0.05) is 10.0 Å². The smallest absolute Gasteiger partial charge is 0.114 e. The molecule has 0 radical (unpaired) electrons. The summed E-state index contributed by atoms with van der Waals surface area (Å²) in [7, 11) is 0. The van der Waals surface area contributed by atoms with E-state index in [0.717, 1.165) is 38.6 Å². The van der Waals surface area contributed by atoms with Crippen LogP contribution in [0, 0.1) is 6.92 Å². The zero-order chi connectivity index (χ0) is 12.4. The first-order valence-electron chi connectivity index (χ1n) is 5.63. The van der Waals surface area contributed by atoms with Crippen LogP contribution in [0.1, 0.15) is 23.9 Å². The van der Waals surface area contributed by atoms with Crippen molar-refractivity contribution >= 4 is 32.3 Å². The first kappa shape index (κ1) is 12.6. The minimum Gasteiger partial charge on any atom is -0.389 e. The average Bonchev–Trinajstić information content (AvgIpc) is 2.64. The fourth-order valence-corrected chi connectivity index (χ4v) is 2.98. The van der Waals surface area contributed by atoms with Gasteiger partial charge in [-0.1, -0.05) is 35.0 Å². The van der Waals surface area contributed by atoms with Gasteiger partial charge in [-0.05, 0) is 31.4 Å². The third-order valence-electron chi connectivity index (χ3n) is 2.61. The lowest BCUT2D eigenvalue weighted by Gasteiger charge is -2.02. The molecular weight excluding hydrogens is 296 g/mol. The van der Waals surface area contributed by atoms with Crippen LogP contribution >= 0.6 is 27.3 Å². The summed E-state index contributed by atoms with van der Waals surface area (Å²) in [6.45, 7) is 4.22. The Morgan fingerprint density at radius 3 is 2.82 bits per heavy atom. The lowest BCUT2D eigenvalue weighted by atomic mass is 10.1. The third kappa shape index (κ3) is 2.69. The van der Waals surface area contributed by atoms with Crippen LogP contribution in [0.5, 0.6) is 0 Å². The Morgan fingerprint density at radius 1 is 1.41 bits per heavy atom. The maximum atomic E-state index is 6.03. The van der Waals surface area contributed by atoms with Gasteiger partial charge in [0.05, 0.1) is 5.01 Å². The molecule has 0 spiro atoms. The molecule has 17 heavy (non-hydrogen) atoms. The molecule has 0 aliphatic rings. The Hall–Kier alpha value is -0.870. The van der Waals surface area contributed by atoms with Gasteiger partial charge in [0.25, 0.3) is 0 Å². The first-order chi connectivity index (χ1) is 8.11. The van der Waals surface area contributed by atoms with Crippen LogP contribution in [0.4, 0.5) is 5.00 Å². The summed E-state index contributed by atoms with van der Waals surface area (Å²) in [4.78, 5) is 4.61. The number of rotatable bonds is 3. The number of anilines is 1. The Labute approximate surface area is 114 Å². The van der Waals surface area contributed by atoms with Crippen molar-refractivity contribution < 1.29 is 0 Å². The summed E-state index contributed by atoms with van der Waals surface area (Å²) >= 11 is 5.14. The Bertz CT molecular complexity index is 534. The summed E-state index contributed by atoms with van der Waals surface area (Å²) < 4.78 is 1.10. The predicted molar refractivity (Wildman–Crippen MR) is 78.4 cm³/mol. The average molecular weight is 311 g/mol. The van der Waals surface area contributed by atoms with Gasteiger partial charge in [-0.3, -0.25) is 0 Å². The van der Waals surface area contributed by atoms with E-state index < -0.39 is 0 Å². The van der Waals surface area contributed by atoms with Crippen molar-refractivity contribution in [2.75, 3.05) is 5.73 Å². The molecule has 0 saturated heterocycles. The van der Waals surface area contributed by atoms with Crippen LogP contribution in [-0.2, 0) is 6.42 Å². The van der Waals surface area contributed by atoms with Crippen molar-refractivity contribution in [2.24, 2.45) is 0 Å². The largest absolute Gasteiger partial charge is 0.389 e. The van der Waals surface area contributed by atoms with Crippen molar-refractivity contribution in [1.82, 2.24) is 4.98 Å². The molecule has 1 aromatic heterocycles. The van der Waals surface area contributed by atoms with E-state index in [1.807, 2.05) is 0 Å². The van der Waals surface area contributed by atoms with E-state index in [0.29, 0.717) is 0 Å². The number of halogens is 1. The van der Waals surface area contributed by atoms with Crippen LogP contribution in [-0.4, -0.2) is 4.98 Å². The first-order valence-corrected chi connectivity index (χ1v) is 7.24. The summed E-state index contributed by atoms with van der Waals surface area (Å²) in [5.41, 5.74) is 9.25. The molecule has 0 saturated carbocycles. The number of hydrogen-bond donors (Lipinski definition) is 1. The minimum absolute atomic E-state index is 0.809. The molecule has 0 fully saturated rings. The summed E-state index contributed by atoms with van der Waals surface area (Å²) in [5.74, 6) is 0. The van der Waals surface area contributed by atoms with Crippen molar-refractivity contribution in [3.05, 3.63) is 33.2 Å². The summed E-state index contributed by atoms with van der Waals surface area (Å²) in [5, 5.41) is 1.93. The van der Waals surface area contributed by atoms with Crippen LogP contribution in [0.25, 0.3) is 11.3 Å². The van der Waals surface area contributed by atoms with E-state index >= 15 is 0 Å². The molecule has 0 amide bonds. The topological polar surface area (TPSA) is 38.9 Å². The Kier molecular flexibility index (Phi) is 3.84. The molecule has 0 atom stereocenters. The predicted octanol–water partition coefficient (Wildman–Crippen LogP) is 4.42. The van der Waals surface area contributed by atoms with E-state index in [1.165, 1.54) is 5.56 Å². The Balaban J connectivity index is 2.41. The van der Waals surface area contributed by atoms with Gasteiger partial charge in [0.2, 0.25) is 0 Å². The molecule has 0 unspecified atom stereocenters. The van der Waals surface area contributed by atoms with Gasteiger partial charge in [-0.2, -0.15) is 0 Å². The second-order valence-corrected chi connectivity index (χ2v) is 6.00. The number of nitrogen functional groups attached to an aromatic ring is 1. The van der Waals surface area contributed by atoms with E-state index in [1.54, 1.807) is 11.3 Å². The second-order valence-electron chi connectivity index (χ2n) is 4.03. The van der Waals surface area contributed by atoms with Gasteiger partial charge in [0.15, 0.2) is 0 Å². The third-order valence-corrected chi connectivity index (χ3v) is 4.41. The molecule has 0 aliphatic carbocycles. The molecule has 2 rings (SSSR count). The highest BCUT2D eigenvalue weighted by Crippen LogP contribution is 2.33. The maximum absolute atomic E-state index is 6.03. The number of aromatic nitrogens is 1. The fourth-order valence-electron chi connectivity index (χ4n) is 1.65. The summed E-state index contributed by atoms with van der Waals surface area (Å²) in [6, 6.07) is 6.23. The maximum Gasteiger partial charge on any atom is 0.114 e. The van der Waals surface area contributed by atoms with E-state index in [-0.39, 0.29) is 0 Å². The lowest BCUT2D eigenvalue weighted by Crippen LogP contribution is -1.87. The van der Waals surface area contributed by atoms with E-state index in [9.17, 15) is 0 Å². The Morgan fingerprint density at radius 2 is 2.18 bits per heavy atom. The number of benzene rings is 1. The van der Waals surface area contributed by atoms with Crippen molar-refractivity contribution in [3.63, 3.8) is 0 Å². The van der Waals surface area contributed by atoms with Crippen molar-refractivity contribution in [2.45, 2.75) is 26.7 Å². The lowest BCUT2D eigenvalue weighted by molar-refractivity contribution is 0.910. The highest BCUT2D eigenvalue weighted by atomic mass is 79.9. The zero-order valence-corrected chi connectivity index (χ0v) is 12.4. The van der Waals surface area contributed by atoms with Gasteiger partial charge in [0.1, 0.15) is 10.7 Å². The van der Waals surface area contributed by atoms with Crippen LogP contribution in [0.15, 0.2) is 22.7 Å². The van der Waals surface area contributed by atoms with Crippen LogP contribution < -0.4 is 5.73 Å². The molecule has 1 heterocycles. The molecule has 0 aliphatic heterocycles. The standard InChI is InChI=1S/C13H15BrN2S/c1-3-4-11-16-12(13(15)17-11)9-6-5-8(2)10(14)7-9/h5-7H,3-4,15H2,1-2H3. The van der Waals surface area contributed by atoms with Crippen molar-refractivity contribution in [1.29, 1.82) is 0 Å². The van der Waals surface area contributed by atoms with Gasteiger partial charge >= 0.3 is 0 Å². The fraction of sp³-hybridized carbons (Fsp3) is 0.308. The van der Waals surface area contributed by atoms with Gasteiger partial charge in [-0.15, -0.1) is 11.3 Å². The molecule has 0 bridgehead atoms. The molecule has 2 aromatic rings. The number of thiazole rings is 1. The molecule has 2 nitrogen and oxygen atoms in total. The van der Waals surface area contributed by atoms with Crippen LogP contribution in [0.3, 0.4) is 0 Å². The highest BCUT2D eigenvalue weighted by Gasteiger charge is 2.10. The number of aryl methyl sites for hydroxylation is 2. The van der Waals surface area contributed by atoms with Gasteiger partial charge < -0.3 is 5.73 Å². The number of nitrogens with two attached hydrogens (primary N) is 1. The van der Waals surface area contributed by atoms with Crippen LogP contribution in [0.2, 0.25) is 0 Å². The molecule has 4 heteroatoms. The number of hydrogen-bond acceptors (Lipinski definition) is 3. The van der Waals surface area contributed by atoms with E-state index in [2.05, 4.69) is 53.0 Å². The van der Waals surface area contributed by atoms with Gasteiger partial charge in [-0.25, -0.2) is 4.98 Å². The van der Waals surface area contributed by atoms with E-state index in [4.69, 9.17) is 5.73 Å². The quantitative estimate of drug-likeness (QED) is 0.911. The molecular formula is C13H15BrN2S. The molecule has 90 valence electrons. The zero-order valence-electron chi connectivity index (χ0n) is 9.96. The van der Waals surface area contributed by atoms with Crippen molar-refractivity contribution in [3.8, 4) is 11.3 Å². The normalized spacial score (nSPS) is 10.8. The second kappa shape index (κ2) is 5.19. The minimum atomic E-state index is 0.809. The SMILES string of the molecule is CCCc1nc(-c2ccc(C)c(Br)c2)c(N)s1. The monoisotopic (exact) mass is 310 g/mol. The highest BCUT2D eigenvalue weighted by molar-refractivity contribution is 9.10.